The molecule has 0 saturated carbocycles. The third-order valence-electron chi connectivity index (χ3n) is 3.29. The number of carbonyl (C=O) groups excluding carboxylic acids is 2. The van der Waals surface area contributed by atoms with Crippen molar-refractivity contribution < 1.29 is 27.5 Å². The highest BCUT2D eigenvalue weighted by Gasteiger charge is 2.26. The fourth-order valence-corrected chi connectivity index (χ4v) is 3.09. The van der Waals surface area contributed by atoms with E-state index in [1.54, 1.807) is 11.6 Å². The molecule has 0 aliphatic rings. The lowest BCUT2D eigenvalue weighted by molar-refractivity contribution is 0.0515. The van der Waals surface area contributed by atoms with Crippen LogP contribution in [-0.2, 0) is 22.0 Å². The highest BCUT2D eigenvalue weighted by Crippen LogP contribution is 2.21. The van der Waals surface area contributed by atoms with E-state index in [9.17, 15) is 18.0 Å². The zero-order chi connectivity index (χ0) is 21.8. The van der Waals surface area contributed by atoms with Crippen LogP contribution in [0.25, 0.3) is 0 Å². The van der Waals surface area contributed by atoms with Crippen molar-refractivity contribution >= 4 is 33.8 Å². The van der Waals surface area contributed by atoms with Crippen LogP contribution in [0.3, 0.4) is 0 Å². The van der Waals surface area contributed by atoms with E-state index < -0.39 is 22.2 Å². The Kier molecular flexibility index (Phi) is 6.53. The average Bonchev–Trinajstić information content (AvgIpc) is 2.86. The van der Waals surface area contributed by atoms with E-state index in [0.29, 0.717) is 0 Å². The Hall–Kier alpha value is -3.49. The average molecular weight is 428 g/mol. The lowest BCUT2D eigenvalue weighted by Crippen LogP contribution is -2.39. The number of aryl methyl sites for hydroxylation is 3. The predicted octanol–water partition coefficient (Wildman–Crippen LogP) is -0.114. The van der Waals surface area contributed by atoms with Crippen molar-refractivity contribution in [1.29, 1.82) is 0 Å². The first-order valence-corrected chi connectivity index (χ1v) is 9.63. The molecule has 0 aliphatic heterocycles. The molecule has 15 heteroatoms. The van der Waals surface area contributed by atoms with E-state index >= 15 is 0 Å². The van der Waals surface area contributed by atoms with Crippen molar-refractivity contribution in [2.75, 3.05) is 23.8 Å². The summed E-state index contributed by atoms with van der Waals surface area (Å²) in [6.07, 6.45) is 0. The minimum Gasteiger partial charge on any atom is -0.467 e. The Labute approximate surface area is 166 Å². The largest absolute Gasteiger partial charge is 0.467 e. The number of hydrogen-bond acceptors (Lipinski definition) is 10. The molecule has 2 aromatic rings. The third-order valence-corrected chi connectivity index (χ3v) is 4.22. The second-order valence-corrected chi connectivity index (χ2v) is 6.92. The molecule has 2 heterocycles. The SMILES string of the molecule is CCOC(=O)c1c(NS(=O)(=O)NC(=O)Nc2nc(C)nc(OC)n2)c(C)nn1C. The fourth-order valence-electron chi connectivity index (χ4n) is 2.23. The summed E-state index contributed by atoms with van der Waals surface area (Å²) in [7, 11) is -1.66. The number of esters is 1. The minimum atomic E-state index is -4.44. The first-order chi connectivity index (χ1) is 13.6. The van der Waals surface area contributed by atoms with Gasteiger partial charge in [-0.15, -0.1) is 0 Å². The molecule has 14 nitrogen and oxygen atoms in total. The Morgan fingerprint density at radius 2 is 1.86 bits per heavy atom. The molecule has 0 saturated heterocycles. The van der Waals surface area contributed by atoms with Gasteiger partial charge in [-0.25, -0.2) is 14.3 Å². The summed E-state index contributed by atoms with van der Waals surface area (Å²) >= 11 is 0. The fraction of sp³-hybridized carbons (Fsp3) is 0.429. The van der Waals surface area contributed by atoms with Crippen LogP contribution in [0.4, 0.5) is 16.4 Å². The number of urea groups is 1. The van der Waals surface area contributed by atoms with Gasteiger partial charge in [0.25, 0.3) is 0 Å². The van der Waals surface area contributed by atoms with Crippen LogP contribution in [0.1, 0.15) is 28.9 Å². The Balaban J connectivity index is 2.18. The maximum absolute atomic E-state index is 12.3. The number of amides is 2. The lowest BCUT2D eigenvalue weighted by atomic mass is 10.3. The molecule has 2 rings (SSSR count). The molecule has 0 bridgehead atoms. The minimum absolute atomic E-state index is 0.0566. The van der Waals surface area contributed by atoms with E-state index in [2.05, 4.69) is 30.1 Å². The van der Waals surface area contributed by atoms with Gasteiger partial charge in [0.05, 0.1) is 19.4 Å². The van der Waals surface area contributed by atoms with E-state index in [4.69, 9.17) is 9.47 Å². The van der Waals surface area contributed by atoms with E-state index in [1.165, 1.54) is 32.7 Å². The molecule has 0 unspecified atom stereocenters. The summed E-state index contributed by atoms with van der Waals surface area (Å²) in [5.74, 6) is -0.740. The number of nitrogens with zero attached hydrogens (tertiary/aromatic N) is 5. The molecule has 0 fully saturated rings. The maximum Gasteiger partial charge on any atom is 0.358 e. The standard InChI is InChI=1S/C14H20N8O6S/c1-6-28-11(23)10-9(7(2)19-22(10)4)20-29(25,26)21-13(24)17-12-15-8(3)16-14(18-12)27-5/h20H,6H2,1-5H3,(H2,15,16,17,18,21,24). The van der Waals surface area contributed by atoms with Crippen LogP contribution in [0, 0.1) is 13.8 Å². The van der Waals surface area contributed by atoms with Gasteiger partial charge in [0, 0.05) is 7.05 Å². The van der Waals surface area contributed by atoms with Gasteiger partial charge in [0.1, 0.15) is 11.5 Å². The number of hydrogen-bond donors (Lipinski definition) is 3. The zero-order valence-corrected chi connectivity index (χ0v) is 17.1. The molecule has 2 amide bonds. The molecular formula is C14H20N8O6S. The van der Waals surface area contributed by atoms with Crippen LogP contribution in [0.5, 0.6) is 6.01 Å². The van der Waals surface area contributed by atoms with Gasteiger partial charge in [-0.05, 0) is 20.8 Å². The van der Waals surface area contributed by atoms with Gasteiger partial charge in [0.2, 0.25) is 5.95 Å². The van der Waals surface area contributed by atoms with Crippen LogP contribution in [0.15, 0.2) is 0 Å². The van der Waals surface area contributed by atoms with Crippen LogP contribution < -0.4 is 19.5 Å². The Bertz CT molecular complexity index is 1030. The van der Waals surface area contributed by atoms with Gasteiger partial charge in [-0.1, -0.05) is 0 Å². The zero-order valence-electron chi connectivity index (χ0n) is 16.3. The molecule has 29 heavy (non-hydrogen) atoms. The molecule has 0 radical (unpaired) electrons. The number of anilines is 2. The molecule has 0 aliphatic carbocycles. The van der Waals surface area contributed by atoms with Crippen LogP contribution in [0.2, 0.25) is 0 Å². The molecular weight excluding hydrogens is 408 g/mol. The number of carbonyl (C=O) groups is 2. The highest BCUT2D eigenvalue weighted by molar-refractivity contribution is 7.91. The van der Waals surface area contributed by atoms with E-state index in [0.717, 1.165) is 0 Å². The summed E-state index contributed by atoms with van der Waals surface area (Å²) in [5, 5.41) is 6.15. The number of nitrogens with one attached hydrogen (secondary N) is 3. The summed E-state index contributed by atoms with van der Waals surface area (Å²) in [4.78, 5) is 35.6. The van der Waals surface area contributed by atoms with E-state index in [1.807, 2.05) is 0 Å². The molecule has 2 aromatic heterocycles. The first-order valence-electron chi connectivity index (χ1n) is 8.15. The summed E-state index contributed by atoms with van der Waals surface area (Å²) in [6, 6.07) is -1.21. The highest BCUT2D eigenvalue weighted by atomic mass is 32.2. The second kappa shape index (κ2) is 8.68. The predicted molar refractivity (Wildman–Crippen MR) is 99.7 cm³/mol. The molecule has 0 aromatic carbocycles. The Morgan fingerprint density at radius 1 is 1.17 bits per heavy atom. The molecule has 0 atom stereocenters. The first kappa shape index (κ1) is 21.8. The third kappa shape index (κ3) is 5.50. The summed E-state index contributed by atoms with van der Waals surface area (Å²) < 4.78 is 39.4. The Morgan fingerprint density at radius 3 is 2.48 bits per heavy atom. The normalized spacial score (nSPS) is 10.9. The van der Waals surface area contributed by atoms with Crippen molar-refractivity contribution in [3.8, 4) is 6.01 Å². The van der Waals surface area contributed by atoms with Crippen molar-refractivity contribution in [3.63, 3.8) is 0 Å². The van der Waals surface area contributed by atoms with Gasteiger partial charge >= 0.3 is 28.2 Å². The van der Waals surface area contributed by atoms with Crippen molar-refractivity contribution in [2.24, 2.45) is 7.05 Å². The molecule has 3 N–H and O–H groups in total. The van der Waals surface area contributed by atoms with E-state index in [-0.39, 0.29) is 41.5 Å². The topological polar surface area (TPSA) is 179 Å². The quantitative estimate of drug-likeness (QED) is 0.503. The van der Waals surface area contributed by atoms with Gasteiger partial charge < -0.3 is 9.47 Å². The number of aromatic nitrogens is 5. The molecule has 158 valence electrons. The number of rotatable bonds is 7. The van der Waals surface area contributed by atoms with Crippen LogP contribution >= 0.6 is 0 Å². The van der Waals surface area contributed by atoms with Gasteiger partial charge in [-0.3, -0.25) is 14.7 Å². The number of methoxy groups -OCH3 is 1. The van der Waals surface area contributed by atoms with Gasteiger partial charge in [0.15, 0.2) is 5.69 Å². The summed E-state index contributed by atoms with van der Waals surface area (Å²) in [5.41, 5.74) is -0.0314. The van der Waals surface area contributed by atoms with Crippen molar-refractivity contribution in [3.05, 3.63) is 17.2 Å². The summed E-state index contributed by atoms with van der Waals surface area (Å²) in [6.45, 7) is 4.72. The van der Waals surface area contributed by atoms with Crippen molar-refractivity contribution in [1.82, 2.24) is 29.5 Å². The maximum atomic E-state index is 12.3. The van der Waals surface area contributed by atoms with Crippen LogP contribution in [-0.4, -0.2) is 58.9 Å². The van der Waals surface area contributed by atoms with Crippen molar-refractivity contribution in [2.45, 2.75) is 20.8 Å². The number of ether oxygens (including phenoxy) is 2. The lowest BCUT2D eigenvalue weighted by Gasteiger charge is -2.11. The smallest absolute Gasteiger partial charge is 0.358 e. The van der Waals surface area contributed by atoms with Gasteiger partial charge in [-0.2, -0.15) is 28.5 Å². The molecule has 0 spiro atoms. The second-order valence-electron chi connectivity index (χ2n) is 5.51. The monoisotopic (exact) mass is 428 g/mol.